The van der Waals surface area contributed by atoms with Gasteiger partial charge in [-0.2, -0.15) is 0 Å². The number of rotatable bonds is 3. The number of hydrogen-bond donors (Lipinski definition) is 3. The van der Waals surface area contributed by atoms with Gasteiger partial charge in [0.25, 0.3) is 0 Å². The minimum absolute atomic E-state index is 0.189. The molecule has 2 fully saturated rings. The summed E-state index contributed by atoms with van der Waals surface area (Å²) in [6.07, 6.45) is 2.18. The predicted octanol–water partition coefficient (Wildman–Crippen LogP) is -0.280. The van der Waals surface area contributed by atoms with E-state index in [0.717, 1.165) is 12.8 Å². The molecule has 102 valence electrons. The molecule has 6 heteroatoms. The summed E-state index contributed by atoms with van der Waals surface area (Å²) < 4.78 is 5.23. The fraction of sp³-hybridized carbons (Fsp3) is 0.833. The molecular formula is C12H20N2O4. The van der Waals surface area contributed by atoms with Crippen molar-refractivity contribution in [3.8, 4) is 0 Å². The molecule has 1 aliphatic carbocycles. The second kappa shape index (κ2) is 4.85. The Kier molecular flexibility index (Phi) is 3.59. The van der Waals surface area contributed by atoms with Crippen molar-refractivity contribution in [2.75, 3.05) is 13.2 Å². The minimum atomic E-state index is -0.838. The molecular weight excluding hydrogens is 236 g/mol. The maximum atomic E-state index is 12.2. The van der Waals surface area contributed by atoms with Crippen LogP contribution in [-0.2, 0) is 14.3 Å². The summed E-state index contributed by atoms with van der Waals surface area (Å²) in [5.74, 6) is -1.50. The first kappa shape index (κ1) is 13.3. The number of ether oxygens (including phenoxy) is 1. The Labute approximate surface area is 106 Å². The van der Waals surface area contributed by atoms with E-state index in [1.165, 1.54) is 0 Å². The molecule has 0 spiro atoms. The van der Waals surface area contributed by atoms with Crippen LogP contribution < -0.4 is 11.1 Å². The van der Waals surface area contributed by atoms with Gasteiger partial charge < -0.3 is 20.9 Å². The fourth-order valence-electron chi connectivity index (χ4n) is 2.68. The van der Waals surface area contributed by atoms with Crippen LogP contribution in [-0.4, -0.2) is 42.3 Å². The third kappa shape index (κ3) is 2.22. The summed E-state index contributed by atoms with van der Waals surface area (Å²) in [6.45, 7) is 2.44. The number of amides is 1. The molecule has 6 nitrogen and oxygen atoms in total. The Balaban J connectivity index is 2.01. The molecule has 1 heterocycles. The molecule has 2 aliphatic rings. The van der Waals surface area contributed by atoms with Gasteiger partial charge in [-0.15, -0.1) is 0 Å². The van der Waals surface area contributed by atoms with E-state index in [-0.39, 0.29) is 18.0 Å². The zero-order chi connectivity index (χ0) is 13.3. The molecule has 18 heavy (non-hydrogen) atoms. The molecule has 0 aromatic carbocycles. The average molecular weight is 256 g/mol. The lowest BCUT2D eigenvalue weighted by molar-refractivity contribution is -0.142. The molecule has 4 N–H and O–H groups in total. The largest absolute Gasteiger partial charge is 0.481 e. The fourth-order valence-corrected chi connectivity index (χ4v) is 2.68. The zero-order valence-corrected chi connectivity index (χ0v) is 10.5. The summed E-state index contributed by atoms with van der Waals surface area (Å²) >= 11 is 0. The van der Waals surface area contributed by atoms with E-state index < -0.39 is 17.3 Å². The Bertz CT molecular complexity index is 360. The van der Waals surface area contributed by atoms with Gasteiger partial charge in [0.1, 0.15) is 0 Å². The van der Waals surface area contributed by atoms with Gasteiger partial charge in [0, 0.05) is 12.1 Å². The number of carbonyl (C=O) groups excluding carboxylic acids is 1. The van der Waals surface area contributed by atoms with Crippen LogP contribution in [0.4, 0.5) is 0 Å². The average Bonchev–Trinajstić information content (AvgIpc) is 2.88. The van der Waals surface area contributed by atoms with Gasteiger partial charge in [0.05, 0.1) is 24.5 Å². The van der Waals surface area contributed by atoms with Gasteiger partial charge in [-0.05, 0) is 19.8 Å². The van der Waals surface area contributed by atoms with E-state index in [0.29, 0.717) is 19.6 Å². The van der Waals surface area contributed by atoms with Gasteiger partial charge >= 0.3 is 5.97 Å². The van der Waals surface area contributed by atoms with Crippen LogP contribution in [0.25, 0.3) is 0 Å². The van der Waals surface area contributed by atoms with Gasteiger partial charge in [-0.3, -0.25) is 9.59 Å². The molecule has 0 bridgehead atoms. The van der Waals surface area contributed by atoms with E-state index in [2.05, 4.69) is 5.32 Å². The van der Waals surface area contributed by atoms with Crippen molar-refractivity contribution in [3.63, 3.8) is 0 Å². The number of nitrogens with two attached hydrogens (primary N) is 1. The first-order valence-corrected chi connectivity index (χ1v) is 6.32. The molecule has 1 aliphatic heterocycles. The minimum Gasteiger partial charge on any atom is -0.481 e. The van der Waals surface area contributed by atoms with E-state index in [9.17, 15) is 9.59 Å². The van der Waals surface area contributed by atoms with Crippen LogP contribution in [0.2, 0.25) is 0 Å². The highest BCUT2D eigenvalue weighted by molar-refractivity contribution is 5.84. The van der Waals surface area contributed by atoms with Crippen LogP contribution in [0.1, 0.15) is 26.2 Å². The molecule has 0 aromatic rings. The highest BCUT2D eigenvalue weighted by atomic mass is 16.5. The van der Waals surface area contributed by atoms with Gasteiger partial charge in [0.15, 0.2) is 0 Å². The smallest absolute Gasteiger partial charge is 0.308 e. The number of aliphatic carboxylic acids is 1. The lowest BCUT2D eigenvalue weighted by atomic mass is 9.84. The Hall–Kier alpha value is -1.14. The lowest BCUT2D eigenvalue weighted by Gasteiger charge is -2.28. The number of carboxylic acid groups (broad SMARTS) is 1. The summed E-state index contributed by atoms with van der Waals surface area (Å²) in [5.41, 5.74) is 5.14. The molecule has 0 aromatic heterocycles. The summed E-state index contributed by atoms with van der Waals surface area (Å²) in [7, 11) is 0. The van der Waals surface area contributed by atoms with Crippen molar-refractivity contribution in [2.45, 2.75) is 38.3 Å². The number of carboxylic acids is 1. The van der Waals surface area contributed by atoms with E-state index >= 15 is 0 Å². The van der Waals surface area contributed by atoms with Crippen molar-refractivity contribution < 1.29 is 19.4 Å². The van der Waals surface area contributed by atoms with Crippen LogP contribution in [0, 0.1) is 11.3 Å². The van der Waals surface area contributed by atoms with Crippen molar-refractivity contribution in [1.29, 1.82) is 0 Å². The van der Waals surface area contributed by atoms with Crippen LogP contribution in [0.3, 0.4) is 0 Å². The monoisotopic (exact) mass is 256 g/mol. The maximum Gasteiger partial charge on any atom is 0.308 e. The number of hydrogen-bond acceptors (Lipinski definition) is 4. The predicted molar refractivity (Wildman–Crippen MR) is 63.8 cm³/mol. The topological polar surface area (TPSA) is 102 Å². The summed E-state index contributed by atoms with van der Waals surface area (Å²) in [4.78, 5) is 23.3. The van der Waals surface area contributed by atoms with Crippen LogP contribution in [0.5, 0.6) is 0 Å². The number of carbonyl (C=O) groups is 2. The summed E-state index contributed by atoms with van der Waals surface area (Å²) in [5, 5.41) is 11.9. The lowest BCUT2D eigenvalue weighted by Crippen LogP contribution is -2.53. The van der Waals surface area contributed by atoms with E-state index in [4.69, 9.17) is 15.6 Å². The highest BCUT2D eigenvalue weighted by Crippen LogP contribution is 2.30. The van der Waals surface area contributed by atoms with Gasteiger partial charge in [-0.25, -0.2) is 0 Å². The van der Waals surface area contributed by atoms with Crippen molar-refractivity contribution in [1.82, 2.24) is 5.32 Å². The quantitative estimate of drug-likeness (QED) is 0.644. The zero-order valence-electron chi connectivity index (χ0n) is 10.5. The van der Waals surface area contributed by atoms with Crippen LogP contribution >= 0.6 is 0 Å². The maximum absolute atomic E-state index is 12.2. The molecule has 2 rings (SSSR count). The normalized spacial score (nSPS) is 39.8. The molecule has 1 saturated carbocycles. The van der Waals surface area contributed by atoms with Crippen molar-refractivity contribution in [3.05, 3.63) is 0 Å². The van der Waals surface area contributed by atoms with Crippen molar-refractivity contribution >= 4 is 11.9 Å². The van der Waals surface area contributed by atoms with E-state index in [1.807, 2.05) is 0 Å². The van der Waals surface area contributed by atoms with Gasteiger partial charge in [-0.1, -0.05) is 6.42 Å². The Morgan fingerprint density at radius 3 is 2.72 bits per heavy atom. The third-order valence-corrected chi connectivity index (χ3v) is 4.19. The third-order valence-electron chi connectivity index (χ3n) is 4.19. The second-order valence-corrected chi connectivity index (χ2v) is 5.49. The molecule has 4 atom stereocenters. The molecule has 0 radical (unpaired) electrons. The van der Waals surface area contributed by atoms with Crippen LogP contribution in [0.15, 0.2) is 0 Å². The van der Waals surface area contributed by atoms with Gasteiger partial charge in [0.2, 0.25) is 5.91 Å². The van der Waals surface area contributed by atoms with E-state index in [1.54, 1.807) is 6.92 Å². The summed E-state index contributed by atoms with van der Waals surface area (Å²) in [6, 6.07) is -0.609. The second-order valence-electron chi connectivity index (χ2n) is 5.49. The Morgan fingerprint density at radius 2 is 2.17 bits per heavy atom. The standard InChI is InChI=1S/C12H20N2O4/c1-12(6-18-5-9(12)13)11(17)14-8-4-2-3-7(8)10(15)16/h7-9H,2-6,13H2,1H3,(H,14,17)(H,15,16). The molecule has 4 unspecified atom stereocenters. The SMILES string of the molecule is CC1(C(=O)NC2CCCC2C(=O)O)COCC1N. The molecule has 1 amide bonds. The van der Waals surface area contributed by atoms with Crippen molar-refractivity contribution in [2.24, 2.45) is 17.1 Å². The number of nitrogens with one attached hydrogen (secondary N) is 1. The first-order valence-electron chi connectivity index (χ1n) is 6.32. The highest BCUT2D eigenvalue weighted by Gasteiger charge is 2.46. The first-order chi connectivity index (χ1) is 8.45. The molecule has 1 saturated heterocycles. The Morgan fingerprint density at radius 1 is 1.44 bits per heavy atom.